The van der Waals surface area contributed by atoms with Crippen LogP contribution in [0.5, 0.6) is 0 Å². The monoisotopic (exact) mass is 388 g/mol. The van der Waals surface area contributed by atoms with Gasteiger partial charge in [-0.25, -0.2) is 5.10 Å². The van der Waals surface area contributed by atoms with Gasteiger partial charge in [-0.3, -0.25) is 5.10 Å². The number of aromatic nitrogens is 5. The van der Waals surface area contributed by atoms with Crippen molar-refractivity contribution in [2.45, 2.75) is 19.3 Å². The van der Waals surface area contributed by atoms with Gasteiger partial charge in [-0.05, 0) is 37.5 Å². The molecule has 0 spiro atoms. The van der Waals surface area contributed by atoms with E-state index in [-0.39, 0.29) is 0 Å². The summed E-state index contributed by atoms with van der Waals surface area (Å²) in [5.41, 5.74) is 4.20. The highest BCUT2D eigenvalue weighted by Crippen LogP contribution is 2.29. The van der Waals surface area contributed by atoms with E-state index in [1.165, 1.54) is 11.3 Å². The Morgan fingerprint density at radius 3 is 2.96 bits per heavy atom. The minimum absolute atomic E-state index is 0.443. The number of nitrogens with one attached hydrogen (secondary N) is 2. The van der Waals surface area contributed by atoms with Gasteiger partial charge in [0, 0.05) is 21.3 Å². The molecule has 8 heteroatoms. The lowest BCUT2D eigenvalue weighted by atomic mass is 10.2. The summed E-state index contributed by atoms with van der Waals surface area (Å²) in [4.78, 5) is 0. The molecule has 1 aromatic carbocycles. The lowest BCUT2D eigenvalue weighted by molar-refractivity contribution is 0.844. The van der Waals surface area contributed by atoms with E-state index in [1.807, 2.05) is 24.3 Å². The molecule has 2 aromatic heterocycles. The van der Waals surface area contributed by atoms with Crippen LogP contribution in [0.3, 0.4) is 0 Å². The van der Waals surface area contributed by atoms with Crippen LogP contribution in [0, 0.1) is 4.77 Å². The summed E-state index contributed by atoms with van der Waals surface area (Å²) in [6.07, 6.45) is 4.94. The van der Waals surface area contributed by atoms with E-state index in [2.05, 4.69) is 41.4 Å². The summed E-state index contributed by atoms with van der Waals surface area (Å²) >= 11 is 8.81. The highest BCUT2D eigenvalue weighted by atomic mass is 79.9. The summed E-state index contributed by atoms with van der Waals surface area (Å²) in [7, 11) is 0. The topological polar surface area (TPSA) is 74.7 Å². The number of hydrogen-bond acceptors (Lipinski definition) is 4. The lowest BCUT2D eigenvalue weighted by Gasteiger charge is -2.00. The second kappa shape index (κ2) is 5.86. The molecule has 0 aliphatic heterocycles. The molecule has 0 radical (unpaired) electrons. The molecule has 2 heterocycles. The van der Waals surface area contributed by atoms with Crippen molar-refractivity contribution in [2.75, 3.05) is 0 Å². The van der Waals surface area contributed by atoms with E-state index in [4.69, 9.17) is 12.2 Å². The maximum atomic E-state index is 5.30. The molecular weight excluding hydrogens is 376 g/mol. The van der Waals surface area contributed by atoms with Crippen molar-refractivity contribution in [3.05, 3.63) is 50.3 Å². The maximum absolute atomic E-state index is 5.30. The molecule has 0 saturated carbocycles. The molecule has 3 aromatic rings. The molecule has 0 saturated heterocycles. The predicted octanol–water partition coefficient (Wildman–Crippen LogP) is 3.46. The number of aromatic amines is 2. The van der Waals surface area contributed by atoms with Crippen LogP contribution < -0.4 is 0 Å². The minimum atomic E-state index is 0.443. The summed E-state index contributed by atoms with van der Waals surface area (Å²) in [6.45, 7) is 0. The smallest absolute Gasteiger partial charge is 0.216 e. The van der Waals surface area contributed by atoms with Crippen LogP contribution in [0.4, 0.5) is 0 Å². The molecule has 116 valence electrons. The van der Waals surface area contributed by atoms with Crippen LogP contribution in [-0.4, -0.2) is 31.3 Å². The molecular formula is C15H13BrN6S. The third-order valence-electron chi connectivity index (χ3n) is 3.89. The first-order chi connectivity index (χ1) is 11.2. The Morgan fingerprint density at radius 2 is 2.09 bits per heavy atom. The van der Waals surface area contributed by atoms with Crippen molar-refractivity contribution in [2.24, 2.45) is 5.10 Å². The highest BCUT2D eigenvalue weighted by molar-refractivity contribution is 9.10. The minimum Gasteiger partial charge on any atom is -0.282 e. The van der Waals surface area contributed by atoms with Crippen LogP contribution in [0.1, 0.15) is 23.2 Å². The van der Waals surface area contributed by atoms with Gasteiger partial charge in [0.1, 0.15) is 5.69 Å². The van der Waals surface area contributed by atoms with Crippen LogP contribution in [0.2, 0.25) is 0 Å². The van der Waals surface area contributed by atoms with Gasteiger partial charge in [-0.1, -0.05) is 34.1 Å². The Bertz CT molecular complexity index is 951. The predicted molar refractivity (Wildman–Crippen MR) is 94.2 cm³/mol. The van der Waals surface area contributed by atoms with Gasteiger partial charge in [0.2, 0.25) is 10.6 Å². The maximum Gasteiger partial charge on any atom is 0.216 e. The van der Waals surface area contributed by atoms with Crippen molar-refractivity contribution in [1.29, 1.82) is 0 Å². The third kappa shape index (κ3) is 2.57. The number of rotatable bonds is 3. The van der Waals surface area contributed by atoms with E-state index in [0.29, 0.717) is 10.6 Å². The molecule has 0 bridgehead atoms. The molecule has 1 aliphatic rings. The number of H-pyrrole nitrogens is 2. The first-order valence-electron chi connectivity index (χ1n) is 7.27. The van der Waals surface area contributed by atoms with Gasteiger partial charge in [0.25, 0.3) is 0 Å². The normalized spacial score (nSPS) is 13.8. The number of nitrogens with zero attached hydrogens (tertiary/aromatic N) is 4. The zero-order valence-electron chi connectivity index (χ0n) is 12.1. The Hall–Kier alpha value is -2.06. The summed E-state index contributed by atoms with van der Waals surface area (Å²) < 4.78 is 3.03. The Morgan fingerprint density at radius 1 is 1.22 bits per heavy atom. The van der Waals surface area contributed by atoms with Crippen molar-refractivity contribution in [1.82, 2.24) is 25.1 Å². The fourth-order valence-corrected chi connectivity index (χ4v) is 3.32. The second-order valence-electron chi connectivity index (χ2n) is 5.31. The van der Waals surface area contributed by atoms with Gasteiger partial charge in [-0.2, -0.15) is 20.0 Å². The molecule has 23 heavy (non-hydrogen) atoms. The van der Waals surface area contributed by atoms with Crippen LogP contribution in [-0.2, 0) is 12.8 Å². The second-order valence-corrected chi connectivity index (χ2v) is 6.55. The van der Waals surface area contributed by atoms with Crippen molar-refractivity contribution < 1.29 is 0 Å². The zero-order valence-corrected chi connectivity index (χ0v) is 14.5. The summed E-state index contributed by atoms with van der Waals surface area (Å²) in [5.74, 6) is 0.637. The fraction of sp³-hybridized carbons (Fsp3) is 0.200. The molecule has 0 amide bonds. The van der Waals surface area contributed by atoms with E-state index in [1.54, 1.807) is 10.9 Å². The highest BCUT2D eigenvalue weighted by Gasteiger charge is 2.23. The number of aryl methyl sites for hydroxylation is 1. The fourth-order valence-electron chi connectivity index (χ4n) is 2.76. The van der Waals surface area contributed by atoms with Gasteiger partial charge in [-0.15, -0.1) is 0 Å². The van der Waals surface area contributed by atoms with Gasteiger partial charge in [0.15, 0.2) is 0 Å². The Labute approximate surface area is 145 Å². The Balaban J connectivity index is 1.77. The standard InChI is InChI=1S/C15H13BrN6S/c16-11-6-2-1-4-9(11)8-17-22-14(20-21-15(22)23)13-10-5-3-7-12(10)18-19-13/h1-2,4,6,8H,3,5,7H2,(H,18,19)(H,21,23)/b17-8+. The molecule has 0 fully saturated rings. The molecule has 4 rings (SSSR count). The molecule has 2 N–H and O–H groups in total. The van der Waals surface area contributed by atoms with E-state index >= 15 is 0 Å². The van der Waals surface area contributed by atoms with E-state index in [9.17, 15) is 0 Å². The number of benzene rings is 1. The number of hydrogen-bond donors (Lipinski definition) is 2. The van der Waals surface area contributed by atoms with Crippen LogP contribution in [0.25, 0.3) is 11.5 Å². The quantitative estimate of drug-likeness (QED) is 0.532. The van der Waals surface area contributed by atoms with E-state index < -0.39 is 0 Å². The number of fused-ring (bicyclic) bond motifs is 1. The summed E-state index contributed by atoms with van der Waals surface area (Å²) in [5, 5.41) is 19.1. The third-order valence-corrected chi connectivity index (χ3v) is 4.87. The molecule has 0 unspecified atom stereocenters. The van der Waals surface area contributed by atoms with Crippen LogP contribution in [0.15, 0.2) is 33.8 Å². The van der Waals surface area contributed by atoms with Gasteiger partial charge in [0.05, 0.1) is 6.21 Å². The van der Waals surface area contributed by atoms with Crippen LogP contribution >= 0.6 is 28.1 Å². The van der Waals surface area contributed by atoms with E-state index in [0.717, 1.165) is 35.0 Å². The van der Waals surface area contributed by atoms with Gasteiger partial charge < -0.3 is 0 Å². The molecule has 6 nitrogen and oxygen atoms in total. The SMILES string of the molecule is S=c1[nH]nc(-c2n[nH]c3c2CCC3)n1/N=C/c1ccccc1Br. The molecule has 0 atom stereocenters. The summed E-state index contributed by atoms with van der Waals surface area (Å²) in [6, 6.07) is 7.87. The van der Waals surface area contributed by atoms with Crippen molar-refractivity contribution in [3.8, 4) is 11.5 Å². The molecule has 1 aliphatic carbocycles. The van der Waals surface area contributed by atoms with Gasteiger partial charge >= 0.3 is 0 Å². The average molecular weight is 389 g/mol. The lowest BCUT2D eigenvalue weighted by Crippen LogP contribution is -1.97. The zero-order chi connectivity index (χ0) is 15.8. The number of halogens is 1. The first-order valence-corrected chi connectivity index (χ1v) is 8.47. The first kappa shape index (κ1) is 14.5. The largest absolute Gasteiger partial charge is 0.282 e. The van der Waals surface area contributed by atoms with Crippen molar-refractivity contribution >= 4 is 34.4 Å². The van der Waals surface area contributed by atoms with Crippen molar-refractivity contribution in [3.63, 3.8) is 0 Å². The average Bonchev–Trinajstić information content (AvgIpc) is 3.23. The Kier molecular flexibility index (Phi) is 3.70.